The first-order chi connectivity index (χ1) is 8.60. The van der Waals surface area contributed by atoms with E-state index in [0.717, 1.165) is 12.5 Å². The van der Waals surface area contributed by atoms with Crippen LogP contribution in [0.15, 0.2) is 18.2 Å². The lowest BCUT2D eigenvalue weighted by Gasteiger charge is -2.18. The summed E-state index contributed by atoms with van der Waals surface area (Å²) in [5, 5.41) is 3.01. The lowest BCUT2D eigenvalue weighted by atomic mass is 10.0. The van der Waals surface area contributed by atoms with Gasteiger partial charge in [0.2, 0.25) is 0 Å². The van der Waals surface area contributed by atoms with Crippen LogP contribution in [0.2, 0.25) is 0 Å². The Bertz CT molecular complexity index is 410. The first kappa shape index (κ1) is 14.6. The van der Waals surface area contributed by atoms with Crippen LogP contribution in [0.25, 0.3) is 0 Å². The summed E-state index contributed by atoms with van der Waals surface area (Å²) in [5.74, 6) is -2.30. The van der Waals surface area contributed by atoms with Crippen LogP contribution in [0.4, 0.5) is 8.78 Å². The highest BCUT2D eigenvalue weighted by atomic mass is 19.2. The Hall–Kier alpha value is -1.49. The number of methoxy groups -OCH3 is 1. The molecule has 100 valence electrons. The van der Waals surface area contributed by atoms with Crippen molar-refractivity contribution in [1.29, 1.82) is 0 Å². The van der Waals surface area contributed by atoms with E-state index in [1.54, 1.807) is 0 Å². The van der Waals surface area contributed by atoms with Crippen molar-refractivity contribution in [2.45, 2.75) is 25.8 Å². The standard InChI is InChI=1S/C13H17F2NO2/c1-3-7-16-11(8-12(17)18-2)9-5-4-6-10(14)13(9)15/h4-6,11,16H,3,7-8H2,1-2H3. The predicted molar refractivity (Wildman–Crippen MR) is 64.0 cm³/mol. The van der Waals surface area contributed by atoms with E-state index in [1.165, 1.54) is 19.2 Å². The van der Waals surface area contributed by atoms with Crippen LogP contribution in [-0.4, -0.2) is 19.6 Å². The fourth-order valence-corrected chi connectivity index (χ4v) is 1.65. The minimum atomic E-state index is -0.921. The molecule has 0 bridgehead atoms. The summed E-state index contributed by atoms with van der Waals surface area (Å²) in [7, 11) is 1.27. The van der Waals surface area contributed by atoms with Crippen molar-refractivity contribution >= 4 is 5.97 Å². The molecule has 1 aromatic carbocycles. The molecule has 1 N–H and O–H groups in total. The van der Waals surface area contributed by atoms with Crippen molar-refractivity contribution < 1.29 is 18.3 Å². The molecule has 1 aromatic rings. The van der Waals surface area contributed by atoms with Crippen molar-refractivity contribution in [3.8, 4) is 0 Å². The number of carbonyl (C=O) groups excluding carboxylic acids is 1. The molecule has 0 amide bonds. The first-order valence-corrected chi connectivity index (χ1v) is 5.84. The number of halogens is 2. The number of carbonyl (C=O) groups is 1. The zero-order valence-corrected chi connectivity index (χ0v) is 10.5. The topological polar surface area (TPSA) is 38.3 Å². The van der Waals surface area contributed by atoms with E-state index in [2.05, 4.69) is 10.1 Å². The molecule has 0 saturated carbocycles. The van der Waals surface area contributed by atoms with Gasteiger partial charge in [-0.1, -0.05) is 19.1 Å². The molecule has 1 rings (SSSR count). The minimum Gasteiger partial charge on any atom is -0.469 e. The van der Waals surface area contributed by atoms with E-state index < -0.39 is 23.6 Å². The van der Waals surface area contributed by atoms with Crippen molar-refractivity contribution in [3.63, 3.8) is 0 Å². The van der Waals surface area contributed by atoms with Crippen LogP contribution >= 0.6 is 0 Å². The highest BCUT2D eigenvalue weighted by Crippen LogP contribution is 2.22. The van der Waals surface area contributed by atoms with Gasteiger partial charge >= 0.3 is 5.97 Å². The molecule has 0 fully saturated rings. The minimum absolute atomic E-state index is 0.0309. The van der Waals surface area contributed by atoms with Crippen LogP contribution in [0, 0.1) is 11.6 Å². The van der Waals surface area contributed by atoms with Crippen LogP contribution < -0.4 is 5.32 Å². The molecule has 1 atom stereocenters. The Kier molecular flexibility index (Phi) is 5.71. The molecule has 1 unspecified atom stereocenters. The van der Waals surface area contributed by atoms with E-state index >= 15 is 0 Å². The van der Waals surface area contributed by atoms with Gasteiger partial charge in [-0.2, -0.15) is 0 Å². The van der Waals surface area contributed by atoms with Crippen LogP contribution in [0.5, 0.6) is 0 Å². The molecule has 0 radical (unpaired) electrons. The van der Waals surface area contributed by atoms with E-state index in [9.17, 15) is 13.6 Å². The maximum atomic E-state index is 13.7. The predicted octanol–water partition coefficient (Wildman–Crippen LogP) is 2.57. The number of rotatable bonds is 6. The van der Waals surface area contributed by atoms with Gasteiger partial charge in [0, 0.05) is 11.6 Å². The summed E-state index contributed by atoms with van der Waals surface area (Å²) in [5.41, 5.74) is 0.147. The van der Waals surface area contributed by atoms with Crippen molar-refractivity contribution in [2.24, 2.45) is 0 Å². The van der Waals surface area contributed by atoms with Gasteiger partial charge in [0.15, 0.2) is 11.6 Å². The molecule has 0 aliphatic heterocycles. The van der Waals surface area contributed by atoms with Gasteiger partial charge in [-0.3, -0.25) is 4.79 Å². The first-order valence-electron chi connectivity index (χ1n) is 5.84. The maximum absolute atomic E-state index is 13.7. The third kappa shape index (κ3) is 3.77. The SMILES string of the molecule is CCCNC(CC(=O)OC)c1cccc(F)c1F. The average Bonchev–Trinajstić information content (AvgIpc) is 2.37. The highest BCUT2D eigenvalue weighted by Gasteiger charge is 2.20. The smallest absolute Gasteiger partial charge is 0.307 e. The van der Waals surface area contributed by atoms with Crippen LogP contribution in [0.1, 0.15) is 31.4 Å². The summed E-state index contributed by atoms with van der Waals surface area (Å²) in [6.07, 6.45) is 0.797. The van der Waals surface area contributed by atoms with Crippen molar-refractivity contribution in [2.75, 3.05) is 13.7 Å². The molecule has 3 nitrogen and oxygen atoms in total. The molecule has 0 aliphatic carbocycles. The Balaban J connectivity index is 2.93. The second kappa shape index (κ2) is 7.06. The zero-order chi connectivity index (χ0) is 13.5. The monoisotopic (exact) mass is 257 g/mol. The molecule has 5 heteroatoms. The lowest BCUT2D eigenvalue weighted by molar-refractivity contribution is -0.141. The second-order valence-corrected chi connectivity index (χ2v) is 3.93. The van der Waals surface area contributed by atoms with E-state index in [1.807, 2.05) is 6.92 Å². The van der Waals surface area contributed by atoms with E-state index in [4.69, 9.17) is 0 Å². The Morgan fingerprint density at radius 1 is 1.44 bits per heavy atom. The molecule has 0 saturated heterocycles. The molecular formula is C13H17F2NO2. The summed E-state index contributed by atoms with van der Waals surface area (Å²) >= 11 is 0. The molecule has 0 aromatic heterocycles. The van der Waals surface area contributed by atoms with E-state index in [0.29, 0.717) is 6.54 Å². The van der Waals surface area contributed by atoms with E-state index in [-0.39, 0.29) is 12.0 Å². The van der Waals surface area contributed by atoms with Gasteiger partial charge in [-0.15, -0.1) is 0 Å². The summed E-state index contributed by atoms with van der Waals surface area (Å²) in [6.45, 7) is 2.56. The molecule has 0 heterocycles. The van der Waals surface area contributed by atoms with Gasteiger partial charge in [-0.25, -0.2) is 8.78 Å². The second-order valence-electron chi connectivity index (χ2n) is 3.93. The third-order valence-corrected chi connectivity index (χ3v) is 2.60. The number of hydrogen-bond donors (Lipinski definition) is 1. The summed E-state index contributed by atoms with van der Waals surface area (Å²) in [6, 6.07) is 3.36. The number of esters is 1. The quantitative estimate of drug-likeness (QED) is 0.796. The molecular weight excluding hydrogens is 240 g/mol. The normalized spacial score (nSPS) is 12.2. The van der Waals surface area contributed by atoms with Gasteiger partial charge < -0.3 is 10.1 Å². The largest absolute Gasteiger partial charge is 0.469 e. The lowest BCUT2D eigenvalue weighted by Crippen LogP contribution is -2.26. The Labute approximate surface area is 105 Å². The fourth-order valence-electron chi connectivity index (χ4n) is 1.65. The van der Waals surface area contributed by atoms with Gasteiger partial charge in [0.25, 0.3) is 0 Å². The van der Waals surface area contributed by atoms with Gasteiger partial charge in [-0.05, 0) is 19.0 Å². The summed E-state index contributed by atoms with van der Waals surface area (Å²) in [4.78, 5) is 11.3. The molecule has 0 spiro atoms. The van der Waals surface area contributed by atoms with Crippen molar-refractivity contribution in [3.05, 3.63) is 35.4 Å². The van der Waals surface area contributed by atoms with Gasteiger partial charge in [0.1, 0.15) is 0 Å². The highest BCUT2D eigenvalue weighted by molar-refractivity contribution is 5.70. The maximum Gasteiger partial charge on any atom is 0.307 e. The number of hydrogen-bond acceptors (Lipinski definition) is 3. The average molecular weight is 257 g/mol. The van der Waals surface area contributed by atoms with Crippen LogP contribution in [0.3, 0.4) is 0 Å². The summed E-state index contributed by atoms with van der Waals surface area (Å²) < 4.78 is 31.4. The number of benzene rings is 1. The van der Waals surface area contributed by atoms with Crippen LogP contribution in [-0.2, 0) is 9.53 Å². The fraction of sp³-hybridized carbons (Fsp3) is 0.462. The zero-order valence-electron chi connectivity index (χ0n) is 10.5. The Morgan fingerprint density at radius 3 is 2.78 bits per heavy atom. The third-order valence-electron chi connectivity index (χ3n) is 2.60. The Morgan fingerprint density at radius 2 is 2.17 bits per heavy atom. The van der Waals surface area contributed by atoms with Crippen molar-refractivity contribution in [1.82, 2.24) is 5.32 Å². The number of nitrogens with one attached hydrogen (secondary N) is 1. The molecule has 0 aliphatic rings. The number of ether oxygens (including phenoxy) is 1. The molecule has 18 heavy (non-hydrogen) atoms. The van der Waals surface area contributed by atoms with Gasteiger partial charge in [0.05, 0.1) is 13.5 Å².